The van der Waals surface area contributed by atoms with Crippen molar-refractivity contribution in [3.63, 3.8) is 0 Å². The fourth-order valence-electron chi connectivity index (χ4n) is 6.91. The van der Waals surface area contributed by atoms with E-state index in [9.17, 15) is 9.18 Å². The van der Waals surface area contributed by atoms with Crippen LogP contribution in [0.4, 0.5) is 19.4 Å². The van der Waals surface area contributed by atoms with Gasteiger partial charge in [0, 0.05) is 23.7 Å². The molecule has 47 heavy (non-hydrogen) atoms. The number of H-pyrrole nitrogens is 1. The Morgan fingerprint density at radius 2 is 1.81 bits per heavy atom. The summed E-state index contributed by atoms with van der Waals surface area (Å²) in [6.45, 7) is 8.29. The van der Waals surface area contributed by atoms with E-state index in [1.54, 1.807) is 19.3 Å². The quantitative estimate of drug-likeness (QED) is 0.242. The number of amides is 1. The molecular weight excluding hydrogens is 605 g/mol. The summed E-state index contributed by atoms with van der Waals surface area (Å²) in [7, 11) is 0. The lowest BCUT2D eigenvalue weighted by Crippen LogP contribution is -2.43. The summed E-state index contributed by atoms with van der Waals surface area (Å²) in [6.07, 6.45) is 14.5. The molecule has 250 valence electrons. The number of rotatable bonds is 6. The molecule has 3 N–H and O–H groups in total. The van der Waals surface area contributed by atoms with E-state index >= 15 is 4.39 Å². The number of fused-ring (bicyclic) bond motifs is 3. The van der Waals surface area contributed by atoms with Crippen molar-refractivity contribution in [2.24, 2.45) is 5.73 Å². The van der Waals surface area contributed by atoms with Gasteiger partial charge in [0.25, 0.3) is 0 Å². The molecule has 6 heterocycles. The maximum absolute atomic E-state index is 16.3. The van der Waals surface area contributed by atoms with E-state index in [1.807, 2.05) is 0 Å². The Kier molecular flexibility index (Phi) is 10.0. The predicted molar refractivity (Wildman–Crippen MR) is 179 cm³/mol. The Morgan fingerprint density at radius 1 is 1.04 bits per heavy atom. The van der Waals surface area contributed by atoms with Gasteiger partial charge in [-0.05, 0) is 70.7 Å². The highest BCUT2D eigenvalue weighted by molar-refractivity contribution is 6.58. The molecule has 1 saturated carbocycles. The maximum Gasteiger partial charge on any atom is 0.404 e. The van der Waals surface area contributed by atoms with E-state index in [0.717, 1.165) is 51.7 Å². The van der Waals surface area contributed by atoms with Crippen LogP contribution in [0.3, 0.4) is 0 Å². The standard InChI is InChI=1S/C27H30BF2N7O.C3H7NO2.C3H6/c1-28-7-4-8-36(16-28)25-20-13-31-23(18-11-17(29)12-21-19(18)14-32-35-21)22(30)24(20)33-26(34-25)38-15-27-5-2-9-37(27)10-3-6-27;1-2-6-3(4)5;1-2-3-1/h11-14H,2-10,15-16H2,1H3,(H,32,35);2H2,1H3,(H2,4,5);1-3H2. The van der Waals surface area contributed by atoms with Crippen molar-refractivity contribution < 1.29 is 23.0 Å². The number of benzene rings is 1. The van der Waals surface area contributed by atoms with Crippen molar-refractivity contribution in [2.45, 2.75) is 77.0 Å². The molecule has 0 spiro atoms. The number of aromatic nitrogens is 5. The molecule has 14 heteroatoms. The summed E-state index contributed by atoms with van der Waals surface area (Å²) in [5.74, 6) is -0.463. The molecule has 11 nitrogen and oxygen atoms in total. The lowest BCUT2D eigenvalue weighted by Gasteiger charge is -2.32. The zero-order chi connectivity index (χ0) is 33.0. The first-order valence-electron chi connectivity index (χ1n) is 16.8. The van der Waals surface area contributed by atoms with Crippen LogP contribution in [0.25, 0.3) is 33.1 Å². The van der Waals surface area contributed by atoms with Gasteiger partial charge in [0.15, 0.2) is 12.5 Å². The van der Waals surface area contributed by atoms with Crippen LogP contribution >= 0.6 is 0 Å². The predicted octanol–water partition coefficient (Wildman–Crippen LogP) is 6.00. The molecule has 3 aliphatic heterocycles. The summed E-state index contributed by atoms with van der Waals surface area (Å²) in [4.78, 5) is 28.2. The van der Waals surface area contributed by atoms with E-state index in [0.29, 0.717) is 47.6 Å². The normalized spacial score (nSPS) is 18.3. The van der Waals surface area contributed by atoms with Gasteiger partial charge in [0.1, 0.15) is 29.5 Å². The fourth-order valence-corrected chi connectivity index (χ4v) is 6.91. The largest absolute Gasteiger partial charge is 0.461 e. The third-order valence-corrected chi connectivity index (χ3v) is 9.30. The second-order valence-electron chi connectivity index (χ2n) is 13.0. The van der Waals surface area contributed by atoms with Crippen molar-refractivity contribution in [3.05, 3.63) is 36.2 Å². The summed E-state index contributed by atoms with van der Waals surface area (Å²) >= 11 is 0. The van der Waals surface area contributed by atoms with Gasteiger partial charge in [0.2, 0.25) is 0 Å². The minimum Gasteiger partial charge on any atom is -0.461 e. The van der Waals surface area contributed by atoms with E-state index in [2.05, 4.69) is 47.3 Å². The first-order chi connectivity index (χ1) is 22.8. The molecule has 0 bridgehead atoms. The second-order valence-corrected chi connectivity index (χ2v) is 13.0. The molecule has 1 amide bonds. The number of carbonyl (C=O) groups excluding carboxylic acids is 1. The Morgan fingerprint density at radius 3 is 2.47 bits per heavy atom. The van der Waals surface area contributed by atoms with E-state index in [-0.39, 0.29) is 22.8 Å². The van der Waals surface area contributed by atoms with Gasteiger partial charge in [0.05, 0.1) is 29.2 Å². The number of nitrogens with two attached hydrogens (primary N) is 1. The Bertz CT molecular complexity index is 1710. The minimum absolute atomic E-state index is 0.0223. The van der Waals surface area contributed by atoms with Gasteiger partial charge in [-0.2, -0.15) is 15.1 Å². The third-order valence-electron chi connectivity index (χ3n) is 9.30. The number of ether oxygens (including phenoxy) is 2. The SMILES string of the molecule is C1CC1.CB1CCCN(c2nc(OCC34CCCN3CCC4)nc3c(F)c(-c4cc(F)cc5[nH]ncc45)ncc23)C1.CCOC(N)=O. The average molecular weight is 649 g/mol. The van der Waals surface area contributed by atoms with Gasteiger partial charge in [-0.1, -0.05) is 32.4 Å². The summed E-state index contributed by atoms with van der Waals surface area (Å²) in [5, 5.41) is 7.89. The number of nitrogens with one attached hydrogen (secondary N) is 1. The number of anilines is 1. The molecule has 0 unspecified atom stereocenters. The fraction of sp³-hybridized carbons (Fsp3) is 0.545. The van der Waals surface area contributed by atoms with Crippen LogP contribution in [0.5, 0.6) is 6.01 Å². The first kappa shape index (κ1) is 32.9. The summed E-state index contributed by atoms with van der Waals surface area (Å²) in [6, 6.07) is 2.81. The minimum atomic E-state index is -0.711. The highest BCUT2D eigenvalue weighted by Gasteiger charge is 2.45. The van der Waals surface area contributed by atoms with Crippen molar-refractivity contribution in [2.75, 3.05) is 44.2 Å². The lowest BCUT2D eigenvalue weighted by atomic mass is 9.47. The highest BCUT2D eigenvalue weighted by Crippen LogP contribution is 2.40. The molecule has 3 aromatic heterocycles. The van der Waals surface area contributed by atoms with Crippen LogP contribution < -0.4 is 15.4 Å². The third kappa shape index (κ3) is 7.42. The van der Waals surface area contributed by atoms with E-state index in [1.165, 1.54) is 44.2 Å². The Balaban J connectivity index is 0.000000377. The van der Waals surface area contributed by atoms with E-state index < -0.39 is 17.7 Å². The number of hydrogen-bond donors (Lipinski definition) is 2. The van der Waals surface area contributed by atoms with Crippen LogP contribution in [0.15, 0.2) is 24.5 Å². The summed E-state index contributed by atoms with van der Waals surface area (Å²) < 4.78 is 41.2. The van der Waals surface area contributed by atoms with Crippen molar-refractivity contribution >= 4 is 40.4 Å². The van der Waals surface area contributed by atoms with Gasteiger partial charge in [-0.3, -0.25) is 15.0 Å². The summed E-state index contributed by atoms with van der Waals surface area (Å²) in [5.41, 5.74) is 5.54. The van der Waals surface area contributed by atoms with Crippen LogP contribution in [0.1, 0.15) is 58.3 Å². The van der Waals surface area contributed by atoms with Crippen LogP contribution in [-0.2, 0) is 4.74 Å². The molecule has 4 aromatic rings. The number of primary amides is 1. The number of pyridine rings is 1. The monoisotopic (exact) mass is 648 g/mol. The van der Waals surface area contributed by atoms with Crippen molar-refractivity contribution in [3.8, 4) is 17.3 Å². The maximum atomic E-state index is 16.3. The number of nitrogens with zero attached hydrogens (tertiary/aromatic N) is 6. The molecule has 0 radical (unpaired) electrons. The average Bonchev–Trinajstić information content (AvgIpc) is 3.62. The zero-order valence-corrected chi connectivity index (χ0v) is 27.2. The molecule has 0 atom stereocenters. The topological polar surface area (TPSA) is 135 Å². The number of carbonyl (C=O) groups is 1. The second kappa shape index (κ2) is 14.4. The number of aromatic amines is 1. The van der Waals surface area contributed by atoms with Gasteiger partial charge in [-0.15, -0.1) is 0 Å². The zero-order valence-electron chi connectivity index (χ0n) is 27.2. The molecule has 8 rings (SSSR count). The lowest BCUT2D eigenvalue weighted by molar-refractivity contribution is 0.108. The smallest absolute Gasteiger partial charge is 0.404 e. The van der Waals surface area contributed by atoms with Crippen molar-refractivity contribution in [1.29, 1.82) is 0 Å². The Hall–Kier alpha value is -4.07. The highest BCUT2D eigenvalue weighted by atomic mass is 19.1. The van der Waals surface area contributed by atoms with Crippen LogP contribution in [-0.4, -0.2) is 87.7 Å². The number of halogens is 2. The van der Waals surface area contributed by atoms with E-state index in [4.69, 9.17) is 9.72 Å². The van der Waals surface area contributed by atoms with Crippen LogP contribution in [0.2, 0.25) is 13.1 Å². The molecule has 3 saturated heterocycles. The number of hydrogen-bond acceptors (Lipinski definition) is 9. The molecule has 1 aliphatic carbocycles. The van der Waals surface area contributed by atoms with Gasteiger partial charge < -0.3 is 20.1 Å². The molecule has 4 aliphatic rings. The van der Waals surface area contributed by atoms with Crippen molar-refractivity contribution in [1.82, 2.24) is 30.0 Å². The van der Waals surface area contributed by atoms with Gasteiger partial charge in [-0.25, -0.2) is 13.6 Å². The molecule has 1 aromatic carbocycles. The molecular formula is C33H43BF2N8O3. The van der Waals surface area contributed by atoms with Crippen LogP contribution in [0, 0.1) is 11.6 Å². The Labute approximate surface area is 273 Å². The van der Waals surface area contributed by atoms with Gasteiger partial charge >= 0.3 is 12.1 Å². The molecule has 4 fully saturated rings. The first-order valence-corrected chi connectivity index (χ1v) is 16.8.